The van der Waals surface area contributed by atoms with Crippen molar-refractivity contribution < 1.29 is 8.81 Å². The smallest absolute Gasteiger partial charge is 0.137 e. The second-order valence-electron chi connectivity index (χ2n) is 5.66. The summed E-state index contributed by atoms with van der Waals surface area (Å²) in [6.07, 6.45) is 0. The Hall–Kier alpha value is -3.14. The first kappa shape index (κ1) is 14.5. The Kier molecular flexibility index (Phi) is 3.31. The minimum absolute atomic E-state index is 0.265. The van der Waals surface area contributed by atoms with Gasteiger partial charge in [-0.3, -0.25) is 0 Å². The van der Waals surface area contributed by atoms with Gasteiger partial charge in [-0.05, 0) is 42.0 Å². The lowest BCUT2D eigenvalue weighted by Crippen LogP contribution is -2.00. The summed E-state index contributed by atoms with van der Waals surface area (Å²) in [7, 11) is 1.85. The van der Waals surface area contributed by atoms with E-state index in [1.54, 1.807) is 24.3 Å². The topological polar surface area (TPSA) is 49.0 Å². The lowest BCUT2D eigenvalue weighted by Gasteiger charge is -2.16. The SMILES string of the molecule is CNc1ccc2c(-c3ccc(F)cc3)c3ccc(=N)cc-3oc2c1. The Balaban J connectivity index is 2.14. The molecule has 0 aromatic heterocycles. The van der Waals surface area contributed by atoms with Crippen LogP contribution in [0.3, 0.4) is 0 Å². The van der Waals surface area contributed by atoms with Crippen LogP contribution in [0.4, 0.5) is 10.1 Å². The van der Waals surface area contributed by atoms with Crippen molar-refractivity contribution in [2.45, 2.75) is 0 Å². The lowest BCUT2D eigenvalue weighted by atomic mass is 9.93. The highest BCUT2D eigenvalue weighted by Crippen LogP contribution is 2.40. The molecule has 3 nitrogen and oxygen atoms in total. The number of halogens is 1. The molecule has 2 N–H and O–H groups in total. The second-order valence-corrected chi connectivity index (χ2v) is 5.66. The minimum atomic E-state index is -0.265. The third-order valence-electron chi connectivity index (χ3n) is 4.14. The normalized spacial score (nSPS) is 11.1. The maximum absolute atomic E-state index is 13.3. The van der Waals surface area contributed by atoms with E-state index < -0.39 is 0 Å². The molecule has 0 spiro atoms. The number of fused-ring (bicyclic) bond motifs is 2. The van der Waals surface area contributed by atoms with Gasteiger partial charge in [0, 0.05) is 41.4 Å². The average Bonchev–Trinajstić information content (AvgIpc) is 2.60. The summed E-state index contributed by atoms with van der Waals surface area (Å²) in [5, 5.41) is 12.3. The second kappa shape index (κ2) is 5.49. The molecule has 0 amide bonds. The summed E-state index contributed by atoms with van der Waals surface area (Å²) in [5.41, 5.74) is 4.46. The maximum atomic E-state index is 13.3. The molecule has 0 saturated heterocycles. The quantitative estimate of drug-likeness (QED) is 0.518. The van der Waals surface area contributed by atoms with Gasteiger partial charge >= 0.3 is 0 Å². The Bertz CT molecular complexity index is 1070. The summed E-state index contributed by atoms with van der Waals surface area (Å²) in [5.74, 6) is 0.376. The number of hydrogen-bond donors (Lipinski definition) is 2. The molecule has 1 heterocycles. The number of benzene rings is 3. The molecule has 2 aromatic rings. The highest BCUT2D eigenvalue weighted by molar-refractivity contribution is 6.02. The predicted molar refractivity (Wildman–Crippen MR) is 93.6 cm³/mol. The van der Waals surface area contributed by atoms with Gasteiger partial charge in [-0.15, -0.1) is 0 Å². The Labute approximate surface area is 138 Å². The monoisotopic (exact) mass is 318 g/mol. The van der Waals surface area contributed by atoms with Crippen molar-refractivity contribution >= 4 is 16.7 Å². The summed E-state index contributed by atoms with van der Waals surface area (Å²) in [6, 6.07) is 17.7. The van der Waals surface area contributed by atoms with Crippen LogP contribution in [0.15, 0.2) is 65.1 Å². The fourth-order valence-electron chi connectivity index (χ4n) is 2.97. The number of nitrogens with one attached hydrogen (secondary N) is 2. The zero-order valence-corrected chi connectivity index (χ0v) is 13.1. The van der Waals surface area contributed by atoms with Gasteiger partial charge in [-0.1, -0.05) is 12.1 Å². The van der Waals surface area contributed by atoms with Crippen molar-refractivity contribution in [3.05, 3.63) is 71.8 Å². The van der Waals surface area contributed by atoms with Crippen LogP contribution in [0, 0.1) is 11.2 Å². The van der Waals surface area contributed by atoms with E-state index in [1.165, 1.54) is 12.1 Å². The van der Waals surface area contributed by atoms with E-state index in [1.807, 2.05) is 31.3 Å². The van der Waals surface area contributed by atoms with Crippen molar-refractivity contribution in [1.29, 1.82) is 5.41 Å². The number of anilines is 1. The molecule has 2 aromatic carbocycles. The predicted octanol–water partition coefficient (Wildman–Crippen LogP) is 4.86. The Morgan fingerprint density at radius 1 is 0.958 bits per heavy atom. The molecule has 4 heteroatoms. The van der Waals surface area contributed by atoms with Crippen LogP contribution in [0.25, 0.3) is 33.4 Å². The molecule has 1 aliphatic carbocycles. The van der Waals surface area contributed by atoms with Crippen LogP contribution in [0.2, 0.25) is 0 Å². The standard InChI is InChI=1S/C20H15FN2O/c1-23-15-7-9-17-19(11-15)24-18-10-14(22)6-8-16(18)20(17)12-2-4-13(21)5-3-12/h2-11,22-23H,1H3. The van der Waals surface area contributed by atoms with E-state index in [9.17, 15) is 4.39 Å². The third kappa shape index (κ3) is 2.33. The number of hydrogen-bond acceptors (Lipinski definition) is 3. The van der Waals surface area contributed by atoms with E-state index in [4.69, 9.17) is 9.83 Å². The van der Waals surface area contributed by atoms with Gasteiger partial charge in [0.05, 0.1) is 5.36 Å². The summed E-state index contributed by atoms with van der Waals surface area (Å²) in [6.45, 7) is 0. The molecule has 4 rings (SSSR count). The highest BCUT2D eigenvalue weighted by Gasteiger charge is 2.17. The van der Waals surface area contributed by atoms with Crippen molar-refractivity contribution in [2.24, 2.45) is 0 Å². The van der Waals surface area contributed by atoms with E-state index in [-0.39, 0.29) is 5.82 Å². The zero-order chi connectivity index (χ0) is 16.7. The molecule has 0 fully saturated rings. The first-order valence-electron chi connectivity index (χ1n) is 7.64. The van der Waals surface area contributed by atoms with Crippen LogP contribution in [0.5, 0.6) is 0 Å². The largest absolute Gasteiger partial charge is 0.456 e. The van der Waals surface area contributed by atoms with Crippen molar-refractivity contribution in [3.63, 3.8) is 0 Å². The van der Waals surface area contributed by atoms with Crippen LogP contribution in [-0.4, -0.2) is 7.05 Å². The highest BCUT2D eigenvalue weighted by atomic mass is 19.1. The summed E-state index contributed by atoms with van der Waals surface area (Å²) >= 11 is 0. The lowest BCUT2D eigenvalue weighted by molar-refractivity contribution is 0.619. The van der Waals surface area contributed by atoms with Crippen molar-refractivity contribution in [1.82, 2.24) is 0 Å². The maximum Gasteiger partial charge on any atom is 0.137 e. The van der Waals surface area contributed by atoms with Gasteiger partial charge in [0.25, 0.3) is 0 Å². The molecular weight excluding hydrogens is 303 g/mol. The zero-order valence-electron chi connectivity index (χ0n) is 13.1. The summed E-state index contributed by atoms with van der Waals surface area (Å²) < 4.78 is 19.4. The summed E-state index contributed by atoms with van der Waals surface area (Å²) in [4.78, 5) is 0. The van der Waals surface area contributed by atoms with Crippen LogP contribution in [-0.2, 0) is 0 Å². The van der Waals surface area contributed by atoms with Crippen LogP contribution in [0.1, 0.15) is 0 Å². The van der Waals surface area contributed by atoms with Gasteiger partial charge in [-0.25, -0.2) is 4.39 Å². The molecule has 1 aliphatic heterocycles. The van der Waals surface area contributed by atoms with Crippen LogP contribution >= 0.6 is 0 Å². The Morgan fingerprint density at radius 2 is 1.75 bits per heavy atom. The van der Waals surface area contributed by atoms with E-state index in [2.05, 4.69) is 5.32 Å². The molecule has 0 bridgehead atoms. The van der Waals surface area contributed by atoms with Crippen molar-refractivity contribution in [2.75, 3.05) is 12.4 Å². The minimum Gasteiger partial charge on any atom is -0.456 e. The van der Waals surface area contributed by atoms with Gasteiger partial charge in [0.15, 0.2) is 0 Å². The van der Waals surface area contributed by atoms with Gasteiger partial charge in [0.2, 0.25) is 0 Å². The first-order valence-corrected chi connectivity index (χ1v) is 7.64. The van der Waals surface area contributed by atoms with Crippen molar-refractivity contribution in [3.8, 4) is 22.5 Å². The van der Waals surface area contributed by atoms with Gasteiger partial charge in [0.1, 0.15) is 17.2 Å². The fourth-order valence-corrected chi connectivity index (χ4v) is 2.97. The van der Waals surface area contributed by atoms with Gasteiger partial charge < -0.3 is 15.1 Å². The fraction of sp³-hybridized carbons (Fsp3) is 0.0500. The van der Waals surface area contributed by atoms with Crippen LogP contribution < -0.4 is 10.7 Å². The molecule has 0 radical (unpaired) electrons. The molecule has 0 atom stereocenters. The third-order valence-corrected chi connectivity index (χ3v) is 4.14. The van der Waals surface area contributed by atoms with E-state index >= 15 is 0 Å². The molecule has 118 valence electrons. The molecule has 0 saturated carbocycles. The average molecular weight is 318 g/mol. The van der Waals surface area contributed by atoms with Gasteiger partial charge in [-0.2, -0.15) is 0 Å². The number of rotatable bonds is 2. The molecule has 24 heavy (non-hydrogen) atoms. The first-order chi connectivity index (χ1) is 11.7. The molecule has 0 unspecified atom stereocenters. The van der Waals surface area contributed by atoms with E-state index in [0.717, 1.165) is 33.3 Å². The van der Waals surface area contributed by atoms with E-state index in [0.29, 0.717) is 11.1 Å². The Morgan fingerprint density at radius 3 is 2.50 bits per heavy atom. The molecular formula is C20H15FN2O. The molecule has 2 aliphatic rings.